The summed E-state index contributed by atoms with van der Waals surface area (Å²) in [5.41, 5.74) is 0.772. The summed E-state index contributed by atoms with van der Waals surface area (Å²) < 4.78 is 36.6. The van der Waals surface area contributed by atoms with Crippen LogP contribution in [0, 0.1) is 0 Å². The lowest BCUT2D eigenvalue weighted by atomic mass is 10.2. The molecule has 0 saturated heterocycles. The van der Waals surface area contributed by atoms with Crippen molar-refractivity contribution < 1.29 is 22.7 Å². The molecular formula is C19H24N2O5S. The Bertz CT molecular complexity index is 896. The van der Waals surface area contributed by atoms with Gasteiger partial charge in [-0.15, -0.1) is 0 Å². The van der Waals surface area contributed by atoms with Gasteiger partial charge in [0, 0.05) is 0 Å². The third-order valence-electron chi connectivity index (χ3n) is 3.57. The number of sulfonamides is 1. The third kappa shape index (κ3) is 5.62. The van der Waals surface area contributed by atoms with Crippen molar-refractivity contribution >= 4 is 27.3 Å². The maximum absolute atomic E-state index is 12.5. The second-order valence-corrected chi connectivity index (χ2v) is 8.06. The van der Waals surface area contributed by atoms with Crippen molar-refractivity contribution in [2.24, 2.45) is 0 Å². The SMILES string of the molecule is COc1ccccc1NC(=O)CN(c1ccccc1OC(C)C)S(C)(=O)=O. The van der Waals surface area contributed by atoms with Gasteiger partial charge in [-0.05, 0) is 38.1 Å². The van der Waals surface area contributed by atoms with Crippen molar-refractivity contribution in [3.63, 3.8) is 0 Å². The van der Waals surface area contributed by atoms with Crippen molar-refractivity contribution in [2.75, 3.05) is 29.5 Å². The van der Waals surface area contributed by atoms with Crippen LogP contribution in [0.5, 0.6) is 11.5 Å². The second-order valence-electron chi connectivity index (χ2n) is 6.15. The number of carbonyl (C=O) groups is 1. The van der Waals surface area contributed by atoms with Gasteiger partial charge in [-0.25, -0.2) is 8.42 Å². The third-order valence-corrected chi connectivity index (χ3v) is 4.69. The van der Waals surface area contributed by atoms with Gasteiger partial charge < -0.3 is 14.8 Å². The van der Waals surface area contributed by atoms with Gasteiger partial charge in [0.15, 0.2) is 0 Å². The molecule has 0 aliphatic heterocycles. The fourth-order valence-electron chi connectivity index (χ4n) is 2.47. The highest BCUT2D eigenvalue weighted by atomic mass is 32.2. The van der Waals surface area contributed by atoms with Crippen molar-refractivity contribution in [3.8, 4) is 11.5 Å². The van der Waals surface area contributed by atoms with Crippen molar-refractivity contribution in [1.29, 1.82) is 0 Å². The molecule has 8 heteroatoms. The molecule has 0 unspecified atom stereocenters. The Morgan fingerprint density at radius 1 is 1.07 bits per heavy atom. The van der Waals surface area contributed by atoms with E-state index in [2.05, 4.69) is 5.32 Å². The number of para-hydroxylation sites is 4. The molecule has 146 valence electrons. The van der Waals surface area contributed by atoms with Gasteiger partial charge in [0.1, 0.15) is 18.0 Å². The number of anilines is 2. The molecule has 7 nitrogen and oxygen atoms in total. The molecule has 2 rings (SSSR count). The number of methoxy groups -OCH3 is 1. The predicted molar refractivity (Wildman–Crippen MR) is 106 cm³/mol. The number of ether oxygens (including phenoxy) is 2. The highest BCUT2D eigenvalue weighted by molar-refractivity contribution is 7.92. The number of benzene rings is 2. The van der Waals surface area contributed by atoms with Gasteiger partial charge in [-0.3, -0.25) is 9.10 Å². The van der Waals surface area contributed by atoms with Crippen LogP contribution in [0.4, 0.5) is 11.4 Å². The lowest BCUT2D eigenvalue weighted by molar-refractivity contribution is -0.114. The maximum Gasteiger partial charge on any atom is 0.245 e. The van der Waals surface area contributed by atoms with E-state index in [4.69, 9.17) is 9.47 Å². The summed E-state index contributed by atoms with van der Waals surface area (Å²) in [5.74, 6) is 0.382. The monoisotopic (exact) mass is 392 g/mol. The lowest BCUT2D eigenvalue weighted by Gasteiger charge is -2.25. The Balaban J connectivity index is 2.30. The zero-order chi connectivity index (χ0) is 20.0. The minimum Gasteiger partial charge on any atom is -0.495 e. The minimum atomic E-state index is -3.72. The first-order valence-corrected chi connectivity index (χ1v) is 10.2. The summed E-state index contributed by atoms with van der Waals surface area (Å²) >= 11 is 0. The maximum atomic E-state index is 12.5. The lowest BCUT2D eigenvalue weighted by Crippen LogP contribution is -2.37. The van der Waals surface area contributed by atoms with E-state index in [1.165, 1.54) is 7.11 Å². The van der Waals surface area contributed by atoms with Gasteiger partial charge in [-0.1, -0.05) is 24.3 Å². The van der Waals surface area contributed by atoms with Gasteiger partial charge in [0.2, 0.25) is 15.9 Å². The molecule has 0 heterocycles. The fourth-order valence-corrected chi connectivity index (χ4v) is 3.33. The van der Waals surface area contributed by atoms with Crippen LogP contribution < -0.4 is 19.1 Å². The average Bonchev–Trinajstić information content (AvgIpc) is 2.59. The molecule has 0 atom stereocenters. The van der Waals surface area contributed by atoms with E-state index in [-0.39, 0.29) is 6.10 Å². The average molecular weight is 392 g/mol. The summed E-state index contributed by atoms with van der Waals surface area (Å²) in [6.07, 6.45) is 0.908. The Labute approximate surface area is 160 Å². The molecule has 2 aromatic carbocycles. The van der Waals surface area contributed by atoms with E-state index in [9.17, 15) is 13.2 Å². The van der Waals surface area contributed by atoms with Crippen LogP contribution >= 0.6 is 0 Å². The van der Waals surface area contributed by atoms with Crippen LogP contribution in [-0.4, -0.2) is 40.3 Å². The van der Waals surface area contributed by atoms with Crippen molar-refractivity contribution in [2.45, 2.75) is 20.0 Å². The van der Waals surface area contributed by atoms with E-state index in [1.54, 1.807) is 48.5 Å². The standard InChI is InChI=1S/C19H24N2O5S/c1-14(2)26-18-12-8-6-10-16(18)21(27(4,23)24)13-19(22)20-15-9-5-7-11-17(15)25-3/h5-12,14H,13H2,1-4H3,(H,20,22). The van der Waals surface area contributed by atoms with Crippen LogP contribution in [0.3, 0.4) is 0 Å². The number of nitrogens with one attached hydrogen (secondary N) is 1. The first kappa shape index (κ1) is 20.6. The fraction of sp³-hybridized carbons (Fsp3) is 0.316. The van der Waals surface area contributed by atoms with E-state index < -0.39 is 22.5 Å². The number of hydrogen-bond acceptors (Lipinski definition) is 5. The van der Waals surface area contributed by atoms with E-state index in [0.29, 0.717) is 22.9 Å². The van der Waals surface area contributed by atoms with Crippen LogP contribution in [-0.2, 0) is 14.8 Å². The molecule has 0 radical (unpaired) electrons. The van der Waals surface area contributed by atoms with E-state index in [1.807, 2.05) is 13.8 Å². The highest BCUT2D eigenvalue weighted by Gasteiger charge is 2.24. The van der Waals surface area contributed by atoms with Gasteiger partial charge >= 0.3 is 0 Å². The Morgan fingerprint density at radius 3 is 2.26 bits per heavy atom. The van der Waals surface area contributed by atoms with Gasteiger partial charge in [-0.2, -0.15) is 0 Å². The molecule has 0 aliphatic rings. The van der Waals surface area contributed by atoms with E-state index in [0.717, 1.165) is 10.6 Å². The minimum absolute atomic E-state index is 0.144. The topological polar surface area (TPSA) is 84.9 Å². The van der Waals surface area contributed by atoms with Crippen LogP contribution in [0.2, 0.25) is 0 Å². The van der Waals surface area contributed by atoms with Crippen molar-refractivity contribution in [3.05, 3.63) is 48.5 Å². The Kier molecular flexibility index (Phi) is 6.68. The number of hydrogen-bond donors (Lipinski definition) is 1. The summed E-state index contributed by atoms with van der Waals surface area (Å²) in [7, 11) is -2.22. The van der Waals surface area contributed by atoms with Crippen LogP contribution in [0.25, 0.3) is 0 Å². The number of carbonyl (C=O) groups excluding carboxylic acids is 1. The summed E-state index contributed by atoms with van der Waals surface area (Å²) in [6, 6.07) is 13.6. The summed E-state index contributed by atoms with van der Waals surface area (Å²) in [4.78, 5) is 12.5. The summed E-state index contributed by atoms with van der Waals surface area (Å²) in [5, 5.41) is 2.68. The van der Waals surface area contributed by atoms with Gasteiger partial charge in [0.25, 0.3) is 0 Å². The molecular weight excluding hydrogens is 368 g/mol. The molecule has 0 spiro atoms. The van der Waals surface area contributed by atoms with E-state index >= 15 is 0 Å². The molecule has 0 aromatic heterocycles. The van der Waals surface area contributed by atoms with Crippen LogP contribution in [0.1, 0.15) is 13.8 Å². The number of amides is 1. The molecule has 2 aromatic rings. The quantitative estimate of drug-likeness (QED) is 0.747. The molecule has 0 aliphatic carbocycles. The zero-order valence-electron chi connectivity index (χ0n) is 15.8. The molecule has 0 fully saturated rings. The van der Waals surface area contributed by atoms with Crippen molar-refractivity contribution in [1.82, 2.24) is 0 Å². The molecule has 27 heavy (non-hydrogen) atoms. The predicted octanol–water partition coefficient (Wildman–Crippen LogP) is 2.89. The Morgan fingerprint density at radius 2 is 1.67 bits per heavy atom. The first-order valence-electron chi connectivity index (χ1n) is 8.38. The highest BCUT2D eigenvalue weighted by Crippen LogP contribution is 2.31. The number of rotatable bonds is 8. The van der Waals surface area contributed by atoms with Crippen LogP contribution in [0.15, 0.2) is 48.5 Å². The zero-order valence-corrected chi connectivity index (χ0v) is 16.6. The molecule has 1 N–H and O–H groups in total. The van der Waals surface area contributed by atoms with Gasteiger partial charge in [0.05, 0.1) is 30.8 Å². The molecule has 0 bridgehead atoms. The largest absolute Gasteiger partial charge is 0.495 e. The smallest absolute Gasteiger partial charge is 0.245 e. The summed E-state index contributed by atoms with van der Waals surface area (Å²) in [6.45, 7) is 3.29. The number of nitrogens with zero attached hydrogens (tertiary/aromatic N) is 1. The molecule has 0 saturated carbocycles. The molecule has 1 amide bonds. The Hall–Kier alpha value is -2.74. The normalized spacial score (nSPS) is 11.1. The second kappa shape index (κ2) is 8.77. The first-order chi connectivity index (χ1) is 12.7.